The second kappa shape index (κ2) is 10.1. The molecule has 0 fully saturated rings. The van der Waals surface area contributed by atoms with E-state index in [1.54, 1.807) is 37.3 Å². The number of ether oxygens (including phenoxy) is 2. The van der Waals surface area contributed by atoms with Gasteiger partial charge in [-0.3, -0.25) is 9.36 Å². The number of fused-ring (bicyclic) bond motifs is 1. The van der Waals surface area contributed by atoms with E-state index in [1.807, 2.05) is 24.3 Å². The number of thiazole rings is 1. The van der Waals surface area contributed by atoms with Crippen LogP contribution in [0.15, 0.2) is 69.6 Å². The monoisotopic (exact) mass is 502 g/mol. The number of benzene rings is 2. The molecule has 0 amide bonds. The fourth-order valence-corrected chi connectivity index (χ4v) is 5.07. The summed E-state index contributed by atoms with van der Waals surface area (Å²) in [4.78, 5) is 31.7. The summed E-state index contributed by atoms with van der Waals surface area (Å²) in [7, 11) is 1.52. The molecule has 2 heterocycles. The molecule has 0 spiro atoms. The molecule has 170 valence electrons. The molecule has 9 heteroatoms. The highest BCUT2D eigenvalue weighted by Crippen LogP contribution is 2.34. The number of methoxy groups -OCH3 is 1. The SMILES string of the molecule is COCCOC(=O)C1=C(C)N=c2s/c(=C\c3ccccc3Cl)c(=O)n2C1c1ccccc1Cl. The van der Waals surface area contributed by atoms with Crippen LogP contribution in [0.2, 0.25) is 10.0 Å². The van der Waals surface area contributed by atoms with Crippen LogP contribution in [0.25, 0.3) is 6.08 Å². The van der Waals surface area contributed by atoms with E-state index in [0.717, 1.165) is 0 Å². The third-order valence-electron chi connectivity index (χ3n) is 5.15. The summed E-state index contributed by atoms with van der Waals surface area (Å²) in [5, 5.41) is 0.963. The van der Waals surface area contributed by atoms with Crippen LogP contribution >= 0.6 is 34.5 Å². The zero-order chi connectivity index (χ0) is 23.5. The maximum Gasteiger partial charge on any atom is 0.338 e. The molecule has 0 saturated heterocycles. The van der Waals surface area contributed by atoms with Gasteiger partial charge in [-0.15, -0.1) is 0 Å². The Morgan fingerprint density at radius 3 is 2.52 bits per heavy atom. The summed E-state index contributed by atoms with van der Waals surface area (Å²) < 4.78 is 12.3. The Morgan fingerprint density at radius 2 is 1.82 bits per heavy atom. The quantitative estimate of drug-likeness (QED) is 0.380. The molecule has 2 aromatic carbocycles. The van der Waals surface area contributed by atoms with Gasteiger partial charge in [-0.1, -0.05) is 70.9 Å². The van der Waals surface area contributed by atoms with Gasteiger partial charge in [0.25, 0.3) is 5.56 Å². The largest absolute Gasteiger partial charge is 0.460 e. The predicted octanol–water partition coefficient (Wildman–Crippen LogP) is 3.73. The van der Waals surface area contributed by atoms with E-state index in [-0.39, 0.29) is 24.3 Å². The van der Waals surface area contributed by atoms with Crippen molar-refractivity contribution in [2.45, 2.75) is 13.0 Å². The van der Waals surface area contributed by atoms with Gasteiger partial charge in [0.2, 0.25) is 0 Å². The van der Waals surface area contributed by atoms with Gasteiger partial charge in [0.1, 0.15) is 12.6 Å². The van der Waals surface area contributed by atoms with E-state index < -0.39 is 12.0 Å². The lowest BCUT2D eigenvalue weighted by Gasteiger charge is -2.25. The normalized spacial score (nSPS) is 15.9. The summed E-state index contributed by atoms with van der Waals surface area (Å²) in [5.41, 5.74) is 1.76. The number of aromatic nitrogens is 1. The molecule has 33 heavy (non-hydrogen) atoms. The van der Waals surface area contributed by atoms with Crippen LogP contribution in [0.1, 0.15) is 24.1 Å². The molecule has 6 nitrogen and oxygen atoms in total. The van der Waals surface area contributed by atoms with E-state index in [4.69, 9.17) is 32.7 Å². The van der Waals surface area contributed by atoms with E-state index in [1.165, 1.54) is 23.0 Å². The highest BCUT2D eigenvalue weighted by molar-refractivity contribution is 7.07. The van der Waals surface area contributed by atoms with Gasteiger partial charge in [-0.25, -0.2) is 9.79 Å². The van der Waals surface area contributed by atoms with Gasteiger partial charge in [-0.05, 0) is 36.3 Å². The first-order valence-corrected chi connectivity index (χ1v) is 11.7. The van der Waals surface area contributed by atoms with Gasteiger partial charge < -0.3 is 9.47 Å². The average Bonchev–Trinajstić information content (AvgIpc) is 3.09. The zero-order valence-electron chi connectivity index (χ0n) is 17.9. The Labute approximate surface area is 204 Å². The predicted molar refractivity (Wildman–Crippen MR) is 130 cm³/mol. The van der Waals surface area contributed by atoms with Crippen LogP contribution in [0.3, 0.4) is 0 Å². The van der Waals surface area contributed by atoms with Crippen LogP contribution < -0.4 is 14.9 Å². The van der Waals surface area contributed by atoms with Crippen molar-refractivity contribution in [2.24, 2.45) is 4.99 Å². The van der Waals surface area contributed by atoms with Crippen molar-refractivity contribution in [2.75, 3.05) is 20.3 Å². The Bertz CT molecular complexity index is 1420. The summed E-state index contributed by atoms with van der Waals surface area (Å²) in [6.07, 6.45) is 1.73. The molecule has 0 radical (unpaired) electrons. The molecule has 1 atom stereocenters. The molecule has 1 aliphatic heterocycles. The fourth-order valence-electron chi connectivity index (χ4n) is 3.60. The fraction of sp³-hybridized carbons (Fsp3) is 0.208. The first-order valence-electron chi connectivity index (χ1n) is 10.1. The summed E-state index contributed by atoms with van der Waals surface area (Å²) in [6, 6.07) is 13.6. The van der Waals surface area contributed by atoms with Crippen molar-refractivity contribution in [3.05, 3.63) is 101 Å². The van der Waals surface area contributed by atoms with Crippen molar-refractivity contribution in [1.82, 2.24) is 4.57 Å². The van der Waals surface area contributed by atoms with Crippen molar-refractivity contribution >= 4 is 46.6 Å². The number of hydrogen-bond acceptors (Lipinski definition) is 6. The minimum atomic E-state index is -0.779. The molecule has 4 rings (SSSR count). The number of rotatable bonds is 6. The number of hydrogen-bond donors (Lipinski definition) is 0. The molecule has 0 saturated carbocycles. The first-order chi connectivity index (χ1) is 15.9. The minimum absolute atomic E-state index is 0.0816. The third kappa shape index (κ3) is 4.68. The zero-order valence-corrected chi connectivity index (χ0v) is 20.2. The molecule has 1 aliphatic rings. The minimum Gasteiger partial charge on any atom is -0.460 e. The van der Waals surface area contributed by atoms with Gasteiger partial charge in [0.15, 0.2) is 4.80 Å². The van der Waals surface area contributed by atoms with Gasteiger partial charge in [0, 0.05) is 17.2 Å². The molecule has 0 N–H and O–H groups in total. The number of halogens is 2. The maximum absolute atomic E-state index is 13.6. The number of carbonyl (C=O) groups is 1. The second-order valence-corrected chi connectivity index (χ2v) is 9.08. The van der Waals surface area contributed by atoms with Crippen LogP contribution in [-0.2, 0) is 14.3 Å². The summed E-state index contributed by atoms with van der Waals surface area (Å²) in [5.74, 6) is -0.571. The van der Waals surface area contributed by atoms with Crippen LogP contribution in [0.4, 0.5) is 0 Å². The highest BCUT2D eigenvalue weighted by atomic mass is 35.5. The van der Waals surface area contributed by atoms with E-state index in [0.29, 0.717) is 36.2 Å². The van der Waals surface area contributed by atoms with Crippen molar-refractivity contribution < 1.29 is 14.3 Å². The van der Waals surface area contributed by atoms with E-state index in [2.05, 4.69) is 4.99 Å². The van der Waals surface area contributed by atoms with Crippen molar-refractivity contribution in [1.29, 1.82) is 0 Å². The van der Waals surface area contributed by atoms with Crippen LogP contribution in [0, 0.1) is 0 Å². The lowest BCUT2D eigenvalue weighted by atomic mass is 9.96. The van der Waals surface area contributed by atoms with Gasteiger partial charge >= 0.3 is 5.97 Å². The van der Waals surface area contributed by atoms with E-state index in [9.17, 15) is 9.59 Å². The standard InChI is InChI=1S/C24H20Cl2N2O4S/c1-14-20(23(30)32-12-11-31-2)21(16-8-4-6-10-18(16)26)28-22(29)19(33-24(28)27-14)13-15-7-3-5-9-17(15)25/h3-10,13,21H,11-12H2,1-2H3/b19-13-. The van der Waals surface area contributed by atoms with Gasteiger partial charge in [-0.2, -0.15) is 0 Å². The van der Waals surface area contributed by atoms with Crippen molar-refractivity contribution in [3.8, 4) is 0 Å². The maximum atomic E-state index is 13.6. The van der Waals surface area contributed by atoms with Crippen LogP contribution in [-0.4, -0.2) is 30.9 Å². The summed E-state index contributed by atoms with van der Waals surface area (Å²) in [6.45, 7) is 2.06. The third-order valence-corrected chi connectivity index (χ3v) is 6.83. The molecule has 0 bridgehead atoms. The Morgan fingerprint density at radius 1 is 1.12 bits per heavy atom. The Hall–Kier alpha value is -2.71. The molecule has 1 aromatic heterocycles. The highest BCUT2D eigenvalue weighted by Gasteiger charge is 2.34. The first kappa shape index (κ1) is 23.4. The van der Waals surface area contributed by atoms with Crippen molar-refractivity contribution in [3.63, 3.8) is 0 Å². The topological polar surface area (TPSA) is 69.9 Å². The smallest absolute Gasteiger partial charge is 0.338 e. The van der Waals surface area contributed by atoms with Crippen LogP contribution in [0.5, 0.6) is 0 Å². The van der Waals surface area contributed by atoms with Gasteiger partial charge in [0.05, 0.1) is 22.4 Å². The number of esters is 1. The number of carbonyl (C=O) groups excluding carboxylic acids is 1. The lowest BCUT2D eigenvalue weighted by Crippen LogP contribution is -2.40. The average molecular weight is 503 g/mol. The van der Waals surface area contributed by atoms with E-state index >= 15 is 0 Å². The molecule has 1 unspecified atom stereocenters. The number of nitrogens with zero attached hydrogens (tertiary/aromatic N) is 2. The Balaban J connectivity index is 1.92. The summed E-state index contributed by atoms with van der Waals surface area (Å²) >= 11 is 14.0. The number of allylic oxidation sites excluding steroid dienone is 1. The molecular formula is C24H20Cl2N2O4S. The molecular weight excluding hydrogens is 483 g/mol. The molecule has 0 aliphatic carbocycles. The molecule has 3 aromatic rings. The second-order valence-electron chi connectivity index (χ2n) is 7.25. The Kier molecular flexibility index (Phi) is 7.14. The lowest BCUT2D eigenvalue weighted by molar-refractivity contribution is -0.140.